The molecule has 25 heavy (non-hydrogen) atoms. The van der Waals surface area contributed by atoms with Gasteiger partial charge in [0.05, 0.1) is 27.5 Å². The number of nitrogens with one attached hydrogen (secondary N) is 2. The van der Waals surface area contributed by atoms with Gasteiger partial charge < -0.3 is 5.32 Å². The number of carbonyl (C=O) groups is 2. The van der Waals surface area contributed by atoms with E-state index in [1.165, 1.54) is 0 Å². The summed E-state index contributed by atoms with van der Waals surface area (Å²) in [7, 11) is 0. The second-order valence-electron chi connectivity index (χ2n) is 5.68. The van der Waals surface area contributed by atoms with Gasteiger partial charge >= 0.3 is 0 Å². The van der Waals surface area contributed by atoms with Crippen LogP contribution in [0.1, 0.15) is 12.5 Å². The first-order valence-electron chi connectivity index (χ1n) is 7.55. The molecule has 126 valence electrons. The Kier molecular flexibility index (Phi) is 3.86. The zero-order valence-corrected chi connectivity index (χ0v) is 14.3. The van der Waals surface area contributed by atoms with Crippen molar-refractivity contribution >= 4 is 57.7 Å². The summed E-state index contributed by atoms with van der Waals surface area (Å²) >= 11 is 11.9. The fourth-order valence-electron chi connectivity index (χ4n) is 2.90. The number of anilines is 2. The van der Waals surface area contributed by atoms with E-state index in [4.69, 9.17) is 23.2 Å². The number of halogens is 2. The molecule has 0 saturated heterocycles. The number of hydrogen-bond donors (Lipinski definition) is 2. The normalized spacial score (nSPS) is 16.4. The fourth-order valence-corrected chi connectivity index (χ4v) is 3.20. The van der Waals surface area contributed by atoms with E-state index in [-0.39, 0.29) is 18.2 Å². The summed E-state index contributed by atoms with van der Waals surface area (Å²) in [5, 5.41) is 6.24. The van der Waals surface area contributed by atoms with Crippen molar-refractivity contribution in [1.29, 1.82) is 0 Å². The van der Waals surface area contributed by atoms with Crippen LogP contribution in [0, 0.1) is 0 Å². The standard InChI is InChI=1S/C17H12Cl2N4O2/c18-10-6-5-9(7-11(10)19)20-16(25)14-8-15(24)22-17-21-12-3-1-2-4-13(12)23(14)17/h1-7,14H,8H2,(H,20,25)(H,21,22,24)/t14-/m0/s1. The molecule has 2 N–H and O–H groups in total. The van der Waals surface area contributed by atoms with Gasteiger partial charge in [-0.25, -0.2) is 4.98 Å². The predicted octanol–water partition coefficient (Wildman–Crippen LogP) is 3.87. The van der Waals surface area contributed by atoms with E-state index in [9.17, 15) is 9.59 Å². The van der Waals surface area contributed by atoms with E-state index in [2.05, 4.69) is 15.6 Å². The fraction of sp³-hybridized carbons (Fsp3) is 0.118. The Labute approximate surface area is 152 Å². The van der Waals surface area contributed by atoms with Gasteiger partial charge in [0, 0.05) is 5.69 Å². The van der Waals surface area contributed by atoms with Gasteiger partial charge in [-0.3, -0.25) is 19.5 Å². The topological polar surface area (TPSA) is 76.0 Å². The van der Waals surface area contributed by atoms with E-state index >= 15 is 0 Å². The largest absolute Gasteiger partial charge is 0.324 e. The molecule has 0 fully saturated rings. The summed E-state index contributed by atoms with van der Waals surface area (Å²) in [6.45, 7) is 0. The van der Waals surface area contributed by atoms with Crippen LogP contribution in [-0.4, -0.2) is 21.4 Å². The molecule has 8 heteroatoms. The van der Waals surface area contributed by atoms with Gasteiger partial charge in [0.2, 0.25) is 17.8 Å². The number of amides is 2. The molecule has 1 aromatic heterocycles. The quantitative estimate of drug-likeness (QED) is 0.714. The first-order valence-corrected chi connectivity index (χ1v) is 8.31. The van der Waals surface area contributed by atoms with Gasteiger partial charge in [-0.1, -0.05) is 35.3 Å². The van der Waals surface area contributed by atoms with Crippen molar-refractivity contribution in [2.24, 2.45) is 0 Å². The molecule has 2 aromatic carbocycles. The maximum atomic E-state index is 12.8. The summed E-state index contributed by atoms with van der Waals surface area (Å²) < 4.78 is 1.74. The van der Waals surface area contributed by atoms with Crippen LogP contribution in [0.5, 0.6) is 0 Å². The second kappa shape index (κ2) is 6.06. The number of nitrogens with zero attached hydrogens (tertiary/aromatic N) is 2. The third-order valence-electron chi connectivity index (χ3n) is 4.03. The molecule has 4 rings (SSSR count). The maximum absolute atomic E-state index is 12.8. The van der Waals surface area contributed by atoms with Crippen LogP contribution < -0.4 is 10.6 Å². The monoisotopic (exact) mass is 374 g/mol. The van der Waals surface area contributed by atoms with Gasteiger partial charge in [0.1, 0.15) is 6.04 Å². The van der Waals surface area contributed by atoms with Gasteiger partial charge in [-0.2, -0.15) is 0 Å². The Bertz CT molecular complexity index is 1020. The minimum absolute atomic E-state index is 0.0283. The van der Waals surface area contributed by atoms with Crippen molar-refractivity contribution in [3.8, 4) is 0 Å². The average molecular weight is 375 g/mol. The van der Waals surface area contributed by atoms with Crippen molar-refractivity contribution in [3.05, 3.63) is 52.5 Å². The van der Waals surface area contributed by atoms with E-state index in [1.54, 1.807) is 22.8 Å². The molecule has 1 atom stereocenters. The second-order valence-corrected chi connectivity index (χ2v) is 6.49. The molecule has 0 radical (unpaired) electrons. The number of aromatic nitrogens is 2. The van der Waals surface area contributed by atoms with Crippen LogP contribution in [0.2, 0.25) is 10.0 Å². The molecule has 0 aliphatic carbocycles. The van der Waals surface area contributed by atoms with Crippen LogP contribution in [0.25, 0.3) is 11.0 Å². The molecule has 0 unspecified atom stereocenters. The molecule has 2 amide bonds. The van der Waals surface area contributed by atoms with Crippen molar-refractivity contribution in [2.45, 2.75) is 12.5 Å². The van der Waals surface area contributed by atoms with Crippen LogP contribution in [0.4, 0.5) is 11.6 Å². The lowest BCUT2D eigenvalue weighted by molar-refractivity contribution is -0.124. The highest BCUT2D eigenvalue weighted by Gasteiger charge is 2.32. The predicted molar refractivity (Wildman–Crippen MR) is 97.1 cm³/mol. The van der Waals surface area contributed by atoms with Crippen LogP contribution >= 0.6 is 23.2 Å². The number of carbonyl (C=O) groups excluding carboxylic acids is 2. The molecular formula is C17H12Cl2N4O2. The summed E-state index contributed by atoms with van der Waals surface area (Å²) in [5.41, 5.74) is 2.01. The van der Waals surface area contributed by atoms with Crippen molar-refractivity contribution in [1.82, 2.24) is 9.55 Å². The lowest BCUT2D eigenvalue weighted by atomic mass is 10.1. The first-order chi connectivity index (χ1) is 12.0. The third kappa shape index (κ3) is 2.83. The summed E-state index contributed by atoms with van der Waals surface area (Å²) in [6, 6.07) is 11.5. The van der Waals surface area contributed by atoms with Crippen molar-refractivity contribution < 1.29 is 9.59 Å². The Morgan fingerprint density at radius 3 is 2.80 bits per heavy atom. The number of imidazole rings is 1. The average Bonchev–Trinajstić information content (AvgIpc) is 2.95. The number of benzene rings is 2. The molecule has 2 heterocycles. The Morgan fingerprint density at radius 1 is 1.20 bits per heavy atom. The molecule has 0 spiro atoms. The highest BCUT2D eigenvalue weighted by atomic mass is 35.5. The third-order valence-corrected chi connectivity index (χ3v) is 4.77. The Balaban J connectivity index is 1.71. The zero-order valence-electron chi connectivity index (χ0n) is 12.8. The first kappa shape index (κ1) is 15.9. The zero-order chi connectivity index (χ0) is 17.6. The molecule has 0 saturated carbocycles. The van der Waals surface area contributed by atoms with Gasteiger partial charge in [-0.15, -0.1) is 0 Å². The smallest absolute Gasteiger partial charge is 0.248 e. The van der Waals surface area contributed by atoms with Crippen molar-refractivity contribution in [2.75, 3.05) is 10.6 Å². The lowest BCUT2D eigenvalue weighted by Gasteiger charge is -2.25. The molecule has 3 aromatic rings. The van der Waals surface area contributed by atoms with E-state index in [0.29, 0.717) is 27.2 Å². The molecule has 0 bridgehead atoms. The van der Waals surface area contributed by atoms with Crippen molar-refractivity contribution in [3.63, 3.8) is 0 Å². The SMILES string of the molecule is O=C1C[C@@H](C(=O)Nc2ccc(Cl)c(Cl)c2)n2c(nc3ccccc32)N1. The Hall–Kier alpha value is -2.57. The van der Waals surface area contributed by atoms with E-state index in [0.717, 1.165) is 5.52 Å². The van der Waals surface area contributed by atoms with E-state index < -0.39 is 6.04 Å². The maximum Gasteiger partial charge on any atom is 0.248 e. The summed E-state index contributed by atoms with van der Waals surface area (Å²) in [5.74, 6) is -0.207. The van der Waals surface area contributed by atoms with Gasteiger partial charge in [-0.05, 0) is 30.3 Å². The molecular weight excluding hydrogens is 363 g/mol. The molecule has 1 aliphatic rings. The summed E-state index contributed by atoms with van der Waals surface area (Å²) in [4.78, 5) is 29.2. The number of para-hydroxylation sites is 2. The minimum atomic E-state index is -0.703. The highest BCUT2D eigenvalue weighted by molar-refractivity contribution is 6.42. The Morgan fingerprint density at radius 2 is 2.00 bits per heavy atom. The lowest BCUT2D eigenvalue weighted by Crippen LogP contribution is -2.35. The van der Waals surface area contributed by atoms with Crippen LogP contribution in [0.15, 0.2) is 42.5 Å². The van der Waals surface area contributed by atoms with Gasteiger partial charge in [0.25, 0.3) is 0 Å². The van der Waals surface area contributed by atoms with Crippen LogP contribution in [0.3, 0.4) is 0 Å². The molecule has 1 aliphatic heterocycles. The van der Waals surface area contributed by atoms with Crippen LogP contribution in [-0.2, 0) is 9.59 Å². The number of rotatable bonds is 2. The molecule has 6 nitrogen and oxygen atoms in total. The number of hydrogen-bond acceptors (Lipinski definition) is 3. The number of fused-ring (bicyclic) bond motifs is 3. The van der Waals surface area contributed by atoms with Gasteiger partial charge in [0.15, 0.2) is 0 Å². The summed E-state index contributed by atoms with van der Waals surface area (Å²) in [6.07, 6.45) is 0.0283. The highest BCUT2D eigenvalue weighted by Crippen LogP contribution is 2.31. The minimum Gasteiger partial charge on any atom is -0.324 e. The van der Waals surface area contributed by atoms with E-state index in [1.807, 2.05) is 24.3 Å².